The fourth-order valence-corrected chi connectivity index (χ4v) is 4.37. The first-order valence-electron chi connectivity index (χ1n) is 13.4. The van der Waals surface area contributed by atoms with Crippen LogP contribution < -0.4 is 4.74 Å². The minimum absolute atomic E-state index is 0.0765. The van der Waals surface area contributed by atoms with Crippen LogP contribution in [-0.4, -0.2) is 109 Å². The number of benzene rings is 1. The van der Waals surface area contributed by atoms with E-state index in [1.54, 1.807) is 12.1 Å². The second kappa shape index (κ2) is 16.3. The minimum atomic E-state index is -2.78. The SMILES string of the molecule is COc1ccc(/C(=C2/C=CC(N3CCOCCOCCOCCOCCOCC3)=N2)c2ccccc2)n1B(F)F. The summed E-state index contributed by atoms with van der Waals surface area (Å²) in [5, 5.41) is 0. The van der Waals surface area contributed by atoms with Crippen molar-refractivity contribution < 1.29 is 37.1 Å². The second-order valence-corrected chi connectivity index (χ2v) is 8.89. The lowest BCUT2D eigenvalue weighted by atomic mass is 9.99. The second-order valence-electron chi connectivity index (χ2n) is 8.89. The van der Waals surface area contributed by atoms with E-state index in [9.17, 15) is 8.63 Å². The van der Waals surface area contributed by atoms with Gasteiger partial charge in [-0.05, 0) is 29.8 Å². The summed E-state index contributed by atoms with van der Waals surface area (Å²) in [6.45, 7) is 5.97. The highest BCUT2D eigenvalue weighted by Gasteiger charge is 2.28. The number of methoxy groups -OCH3 is 1. The van der Waals surface area contributed by atoms with Crippen LogP contribution >= 0.6 is 0 Å². The van der Waals surface area contributed by atoms with E-state index in [0.29, 0.717) is 102 Å². The van der Waals surface area contributed by atoms with Crippen molar-refractivity contribution in [3.63, 3.8) is 0 Å². The first-order valence-corrected chi connectivity index (χ1v) is 13.4. The molecule has 1 aromatic heterocycles. The number of allylic oxidation sites excluding steroid dienone is 1. The summed E-state index contributed by atoms with van der Waals surface area (Å²) in [5.74, 6) is 0.782. The van der Waals surface area contributed by atoms with Gasteiger partial charge in [0.25, 0.3) is 0 Å². The highest BCUT2D eigenvalue weighted by Crippen LogP contribution is 2.34. The molecular formula is C28H36BF2N3O6. The van der Waals surface area contributed by atoms with Crippen LogP contribution in [0.1, 0.15) is 11.3 Å². The van der Waals surface area contributed by atoms with E-state index >= 15 is 0 Å². The van der Waals surface area contributed by atoms with Gasteiger partial charge < -0.3 is 33.3 Å². The summed E-state index contributed by atoms with van der Waals surface area (Å²) in [7, 11) is -1.41. The van der Waals surface area contributed by atoms with Crippen molar-refractivity contribution in [2.24, 2.45) is 4.99 Å². The van der Waals surface area contributed by atoms with E-state index in [1.165, 1.54) is 7.11 Å². The smallest absolute Gasteiger partial charge is 0.483 e. The van der Waals surface area contributed by atoms with Gasteiger partial charge in [0.1, 0.15) is 5.84 Å². The molecule has 12 heteroatoms. The molecule has 3 heterocycles. The molecule has 40 heavy (non-hydrogen) atoms. The monoisotopic (exact) mass is 559 g/mol. The van der Waals surface area contributed by atoms with Gasteiger partial charge in [-0.1, -0.05) is 30.3 Å². The van der Waals surface area contributed by atoms with Crippen molar-refractivity contribution in [3.8, 4) is 5.88 Å². The molecule has 9 nitrogen and oxygen atoms in total. The molecule has 2 aliphatic heterocycles. The highest BCUT2D eigenvalue weighted by atomic mass is 19.2. The van der Waals surface area contributed by atoms with Gasteiger partial charge in [-0.15, -0.1) is 0 Å². The fourth-order valence-electron chi connectivity index (χ4n) is 4.37. The summed E-state index contributed by atoms with van der Waals surface area (Å²) in [6.07, 6.45) is 3.74. The van der Waals surface area contributed by atoms with Gasteiger partial charge in [-0.3, -0.25) is 13.1 Å². The zero-order valence-corrected chi connectivity index (χ0v) is 22.8. The lowest BCUT2D eigenvalue weighted by Gasteiger charge is -2.23. The average molecular weight is 559 g/mol. The molecule has 2 aliphatic rings. The predicted molar refractivity (Wildman–Crippen MR) is 149 cm³/mol. The van der Waals surface area contributed by atoms with Crippen LogP contribution in [0, 0.1) is 0 Å². The van der Waals surface area contributed by atoms with Gasteiger partial charge in [-0.2, -0.15) is 0 Å². The molecule has 0 unspecified atom stereocenters. The number of hydrogen-bond donors (Lipinski definition) is 0. The topological polar surface area (TPSA) is 75.9 Å². The summed E-state index contributed by atoms with van der Waals surface area (Å²) < 4.78 is 62.5. The molecule has 0 amide bonds. The van der Waals surface area contributed by atoms with E-state index in [1.807, 2.05) is 42.5 Å². The molecule has 0 saturated carbocycles. The molecule has 1 fully saturated rings. The number of aromatic nitrogens is 1. The molecule has 0 bridgehead atoms. The highest BCUT2D eigenvalue weighted by molar-refractivity contribution is 6.42. The Kier molecular flexibility index (Phi) is 12.2. The molecule has 0 N–H and O–H groups in total. The van der Waals surface area contributed by atoms with Gasteiger partial charge >= 0.3 is 7.40 Å². The van der Waals surface area contributed by atoms with E-state index in [0.717, 1.165) is 10.0 Å². The van der Waals surface area contributed by atoms with Gasteiger partial charge in [-0.25, -0.2) is 4.99 Å². The van der Waals surface area contributed by atoms with Gasteiger partial charge in [0, 0.05) is 24.4 Å². The van der Waals surface area contributed by atoms with Crippen LogP contribution in [0.4, 0.5) is 8.63 Å². The van der Waals surface area contributed by atoms with Crippen LogP contribution in [0.25, 0.3) is 5.57 Å². The minimum Gasteiger partial charge on any atom is -0.483 e. The molecule has 0 aliphatic carbocycles. The summed E-state index contributed by atoms with van der Waals surface area (Å²) in [4.78, 5) is 6.96. The Balaban J connectivity index is 1.57. The largest absolute Gasteiger partial charge is 0.680 e. The molecule has 0 spiro atoms. The molecular weight excluding hydrogens is 523 g/mol. The normalized spacial score (nSPS) is 20.0. The van der Waals surface area contributed by atoms with Crippen molar-refractivity contribution in [2.45, 2.75) is 0 Å². The van der Waals surface area contributed by atoms with Crippen LogP contribution in [0.2, 0.25) is 0 Å². The number of aliphatic imine (C=N–C) groups is 1. The number of nitrogens with zero attached hydrogens (tertiary/aromatic N) is 3. The Bertz CT molecular complexity index is 1120. The predicted octanol–water partition coefficient (Wildman–Crippen LogP) is 3.40. The molecule has 0 radical (unpaired) electrons. The lowest BCUT2D eigenvalue weighted by Crippen LogP contribution is -2.35. The Hall–Kier alpha value is -3.03. The summed E-state index contributed by atoms with van der Waals surface area (Å²) in [6, 6.07) is 12.6. The first kappa shape index (κ1) is 29.9. The number of ether oxygens (including phenoxy) is 6. The maximum Gasteiger partial charge on any atom is 0.680 e. The Morgan fingerprint density at radius 1 is 0.750 bits per heavy atom. The Morgan fingerprint density at radius 3 is 1.82 bits per heavy atom. The van der Waals surface area contributed by atoms with E-state index in [2.05, 4.69) is 4.90 Å². The molecule has 1 aromatic carbocycles. The van der Waals surface area contributed by atoms with Crippen LogP contribution in [-0.2, 0) is 23.7 Å². The van der Waals surface area contributed by atoms with Crippen molar-refractivity contribution in [1.82, 2.24) is 9.38 Å². The van der Waals surface area contributed by atoms with Gasteiger partial charge in [0.15, 0.2) is 5.88 Å². The maximum atomic E-state index is 14.1. The zero-order chi connectivity index (χ0) is 28.0. The quantitative estimate of drug-likeness (QED) is 0.532. The van der Waals surface area contributed by atoms with Gasteiger partial charge in [0.05, 0.1) is 78.9 Å². The number of amidine groups is 1. The van der Waals surface area contributed by atoms with Crippen LogP contribution in [0.3, 0.4) is 0 Å². The van der Waals surface area contributed by atoms with Gasteiger partial charge in [0.2, 0.25) is 0 Å². The summed E-state index contributed by atoms with van der Waals surface area (Å²) >= 11 is 0. The molecule has 2 aromatic rings. The average Bonchev–Trinajstić information content (AvgIpc) is 3.62. The number of hydrogen-bond acceptors (Lipinski definition) is 8. The molecule has 0 atom stereocenters. The van der Waals surface area contributed by atoms with E-state index in [4.69, 9.17) is 33.4 Å². The van der Waals surface area contributed by atoms with Crippen LogP contribution in [0.5, 0.6) is 5.88 Å². The number of halogens is 2. The zero-order valence-electron chi connectivity index (χ0n) is 22.8. The van der Waals surface area contributed by atoms with Crippen LogP contribution in [0.15, 0.2) is 65.3 Å². The number of rotatable bonds is 4. The summed E-state index contributed by atoms with van der Waals surface area (Å²) in [5.41, 5.74) is 2.25. The third-order valence-corrected chi connectivity index (χ3v) is 6.31. The van der Waals surface area contributed by atoms with Crippen molar-refractivity contribution in [1.29, 1.82) is 0 Å². The Labute approximate surface area is 234 Å². The molecule has 216 valence electrons. The standard InChI is InChI=1S/C28H36BF2N3O6/c1-35-27-10-8-25(34(27)29(30)31)28(23-5-3-2-4-6-23)24-7-9-26(32-24)33-11-13-36-15-17-38-19-21-40-22-20-39-18-16-37-14-12-33/h2-10H,11-22H2,1H3/b28-24-. The molecule has 1 saturated heterocycles. The van der Waals surface area contributed by atoms with E-state index in [-0.39, 0.29) is 5.88 Å². The third-order valence-electron chi connectivity index (χ3n) is 6.31. The van der Waals surface area contributed by atoms with E-state index < -0.39 is 7.40 Å². The third kappa shape index (κ3) is 8.49. The fraction of sp³-hybridized carbons (Fsp3) is 0.464. The molecule has 4 rings (SSSR count). The maximum absolute atomic E-state index is 14.1. The van der Waals surface area contributed by atoms with Crippen molar-refractivity contribution in [2.75, 3.05) is 86.3 Å². The lowest BCUT2D eigenvalue weighted by molar-refractivity contribution is -0.0155. The van der Waals surface area contributed by atoms with Crippen molar-refractivity contribution >= 4 is 18.8 Å². The van der Waals surface area contributed by atoms with Crippen molar-refractivity contribution in [3.05, 3.63) is 71.6 Å². The Morgan fingerprint density at radius 2 is 1.30 bits per heavy atom. The first-order chi connectivity index (χ1) is 19.7.